The standard InChI is InChI=1S/C29H60/c1-5-7-8-9-10-11-12-13-14-15-16-17-18-19-20-21-22-25-29(4)27-23-26-28(3)24-6-2/h28-29H,5-27H2,1-4H3. The zero-order valence-corrected chi connectivity index (χ0v) is 21.4. The second-order valence-electron chi connectivity index (χ2n) is 10.4. The monoisotopic (exact) mass is 408 g/mol. The summed E-state index contributed by atoms with van der Waals surface area (Å²) >= 11 is 0. The predicted octanol–water partition coefficient (Wildman–Crippen LogP) is 11.3. The third kappa shape index (κ3) is 24.1. The van der Waals surface area contributed by atoms with Crippen molar-refractivity contribution in [3.63, 3.8) is 0 Å². The molecule has 0 spiro atoms. The van der Waals surface area contributed by atoms with Crippen molar-refractivity contribution in [2.24, 2.45) is 11.8 Å². The lowest BCUT2D eigenvalue weighted by molar-refractivity contribution is 0.398. The summed E-state index contributed by atoms with van der Waals surface area (Å²) in [4.78, 5) is 0. The van der Waals surface area contributed by atoms with Crippen LogP contribution in [0.3, 0.4) is 0 Å². The van der Waals surface area contributed by atoms with Crippen molar-refractivity contribution in [1.82, 2.24) is 0 Å². The minimum absolute atomic E-state index is 0.951. The first-order chi connectivity index (χ1) is 14.2. The molecule has 0 rings (SSSR count). The van der Waals surface area contributed by atoms with Crippen molar-refractivity contribution in [2.75, 3.05) is 0 Å². The summed E-state index contributed by atoms with van der Waals surface area (Å²) in [5.41, 5.74) is 0. The Kier molecular flexibility index (Phi) is 24.3. The van der Waals surface area contributed by atoms with Gasteiger partial charge >= 0.3 is 0 Å². The van der Waals surface area contributed by atoms with Crippen LogP contribution in [0.25, 0.3) is 0 Å². The number of rotatable bonds is 24. The van der Waals surface area contributed by atoms with Gasteiger partial charge in [-0.1, -0.05) is 175 Å². The molecule has 0 bridgehead atoms. The maximum atomic E-state index is 2.48. The van der Waals surface area contributed by atoms with Crippen LogP contribution < -0.4 is 0 Å². The Bertz CT molecular complexity index is 282. The van der Waals surface area contributed by atoms with Gasteiger partial charge in [0.1, 0.15) is 0 Å². The Morgan fingerprint density at radius 2 is 0.621 bits per heavy atom. The van der Waals surface area contributed by atoms with Crippen molar-refractivity contribution in [1.29, 1.82) is 0 Å². The molecule has 176 valence electrons. The molecule has 0 aromatic rings. The Labute approximate surface area is 187 Å². The van der Waals surface area contributed by atoms with E-state index in [1.54, 1.807) is 0 Å². The van der Waals surface area contributed by atoms with Crippen LogP contribution in [0.15, 0.2) is 0 Å². The molecule has 0 fully saturated rings. The summed E-state index contributed by atoms with van der Waals surface area (Å²) in [6.45, 7) is 9.54. The predicted molar refractivity (Wildman–Crippen MR) is 136 cm³/mol. The van der Waals surface area contributed by atoms with Gasteiger partial charge in [0.15, 0.2) is 0 Å². The average Bonchev–Trinajstić information content (AvgIpc) is 2.70. The topological polar surface area (TPSA) is 0 Å². The molecule has 0 aromatic carbocycles. The lowest BCUT2D eigenvalue weighted by atomic mass is 9.93. The molecule has 0 saturated carbocycles. The van der Waals surface area contributed by atoms with Gasteiger partial charge in [0, 0.05) is 0 Å². The molecule has 0 aliphatic heterocycles. The molecular weight excluding hydrogens is 348 g/mol. The van der Waals surface area contributed by atoms with Gasteiger partial charge in [-0.05, 0) is 11.8 Å². The van der Waals surface area contributed by atoms with Crippen molar-refractivity contribution in [3.8, 4) is 0 Å². The third-order valence-corrected chi connectivity index (χ3v) is 6.98. The summed E-state index contributed by atoms with van der Waals surface area (Å²) in [6, 6.07) is 0. The molecule has 0 N–H and O–H groups in total. The smallest absolute Gasteiger partial charge is 0.0443 e. The number of hydrogen-bond donors (Lipinski definition) is 0. The van der Waals surface area contributed by atoms with E-state index in [1.807, 2.05) is 0 Å². The summed E-state index contributed by atoms with van der Waals surface area (Å²) in [7, 11) is 0. The van der Waals surface area contributed by atoms with Gasteiger partial charge < -0.3 is 0 Å². The highest BCUT2D eigenvalue weighted by atomic mass is 14.1. The second kappa shape index (κ2) is 24.3. The van der Waals surface area contributed by atoms with E-state index in [2.05, 4.69) is 27.7 Å². The summed E-state index contributed by atoms with van der Waals surface area (Å²) in [5, 5.41) is 0. The first-order valence-electron chi connectivity index (χ1n) is 14.2. The van der Waals surface area contributed by atoms with Crippen LogP contribution in [0.4, 0.5) is 0 Å². The minimum Gasteiger partial charge on any atom is -0.0654 e. The molecule has 0 saturated heterocycles. The molecule has 0 aliphatic rings. The third-order valence-electron chi connectivity index (χ3n) is 6.98. The fourth-order valence-corrected chi connectivity index (χ4v) is 4.81. The van der Waals surface area contributed by atoms with Crippen LogP contribution in [0, 0.1) is 11.8 Å². The Hall–Kier alpha value is 0. The van der Waals surface area contributed by atoms with Crippen LogP contribution >= 0.6 is 0 Å². The lowest BCUT2D eigenvalue weighted by Gasteiger charge is -2.13. The van der Waals surface area contributed by atoms with Crippen LogP contribution in [0.5, 0.6) is 0 Å². The van der Waals surface area contributed by atoms with Crippen molar-refractivity contribution < 1.29 is 0 Å². The molecule has 2 atom stereocenters. The van der Waals surface area contributed by atoms with E-state index in [0.29, 0.717) is 0 Å². The molecular formula is C29H60. The van der Waals surface area contributed by atoms with Gasteiger partial charge in [-0.15, -0.1) is 0 Å². The fraction of sp³-hybridized carbons (Fsp3) is 1.00. The SMILES string of the molecule is CCCCCCCCCCCCCCCCCCCC(C)CCCC(C)CCC. The Morgan fingerprint density at radius 3 is 1.00 bits per heavy atom. The van der Waals surface area contributed by atoms with Gasteiger partial charge in [-0.2, -0.15) is 0 Å². The number of hydrogen-bond acceptors (Lipinski definition) is 0. The molecule has 0 aliphatic carbocycles. The summed E-state index contributed by atoms with van der Waals surface area (Å²) in [6.07, 6.45) is 33.7. The van der Waals surface area contributed by atoms with E-state index < -0.39 is 0 Å². The molecule has 0 heterocycles. The second-order valence-corrected chi connectivity index (χ2v) is 10.4. The summed E-state index contributed by atoms with van der Waals surface area (Å²) < 4.78 is 0. The molecule has 0 radical (unpaired) electrons. The van der Waals surface area contributed by atoms with E-state index in [4.69, 9.17) is 0 Å². The van der Waals surface area contributed by atoms with E-state index in [-0.39, 0.29) is 0 Å². The molecule has 0 heteroatoms. The highest BCUT2D eigenvalue weighted by molar-refractivity contribution is 4.58. The fourth-order valence-electron chi connectivity index (χ4n) is 4.81. The van der Waals surface area contributed by atoms with E-state index in [1.165, 1.54) is 148 Å². The van der Waals surface area contributed by atoms with Crippen molar-refractivity contribution in [3.05, 3.63) is 0 Å². The normalized spacial score (nSPS) is 13.7. The maximum Gasteiger partial charge on any atom is -0.0443 e. The summed E-state index contributed by atoms with van der Waals surface area (Å²) in [5.74, 6) is 1.91. The van der Waals surface area contributed by atoms with Gasteiger partial charge in [-0.25, -0.2) is 0 Å². The number of unbranched alkanes of at least 4 members (excludes halogenated alkanes) is 16. The zero-order valence-electron chi connectivity index (χ0n) is 21.4. The average molecular weight is 409 g/mol. The van der Waals surface area contributed by atoms with Crippen LogP contribution in [-0.2, 0) is 0 Å². The van der Waals surface area contributed by atoms with Gasteiger partial charge in [0.05, 0.1) is 0 Å². The van der Waals surface area contributed by atoms with Gasteiger partial charge in [-0.3, -0.25) is 0 Å². The molecule has 2 unspecified atom stereocenters. The van der Waals surface area contributed by atoms with Crippen LogP contribution in [0.1, 0.15) is 175 Å². The molecule has 0 aromatic heterocycles. The van der Waals surface area contributed by atoms with Crippen molar-refractivity contribution in [2.45, 2.75) is 175 Å². The Balaban J connectivity index is 3.14. The molecule has 29 heavy (non-hydrogen) atoms. The molecule has 0 amide bonds. The van der Waals surface area contributed by atoms with Crippen LogP contribution in [0.2, 0.25) is 0 Å². The van der Waals surface area contributed by atoms with E-state index in [9.17, 15) is 0 Å². The van der Waals surface area contributed by atoms with Crippen LogP contribution in [-0.4, -0.2) is 0 Å². The van der Waals surface area contributed by atoms with E-state index >= 15 is 0 Å². The maximum absolute atomic E-state index is 2.48. The highest BCUT2D eigenvalue weighted by Crippen LogP contribution is 2.21. The van der Waals surface area contributed by atoms with E-state index in [0.717, 1.165) is 11.8 Å². The first kappa shape index (κ1) is 29.0. The zero-order chi connectivity index (χ0) is 21.4. The van der Waals surface area contributed by atoms with Gasteiger partial charge in [0.25, 0.3) is 0 Å². The van der Waals surface area contributed by atoms with Crippen molar-refractivity contribution >= 4 is 0 Å². The lowest BCUT2D eigenvalue weighted by Crippen LogP contribution is -1.99. The molecule has 0 nitrogen and oxygen atoms in total. The van der Waals surface area contributed by atoms with Gasteiger partial charge in [0.2, 0.25) is 0 Å². The minimum atomic E-state index is 0.951. The largest absolute Gasteiger partial charge is 0.0654 e. The highest BCUT2D eigenvalue weighted by Gasteiger charge is 2.05. The quantitative estimate of drug-likeness (QED) is 0.139. The first-order valence-corrected chi connectivity index (χ1v) is 14.2. The Morgan fingerprint density at radius 1 is 0.310 bits per heavy atom.